The van der Waals surface area contributed by atoms with E-state index in [0.29, 0.717) is 24.5 Å². The first-order valence-corrected chi connectivity index (χ1v) is 5.61. The molecular formula is C12H17N5O. The first-order chi connectivity index (χ1) is 8.54. The molecule has 6 heteroatoms. The number of nitrogens with one attached hydrogen (secondary N) is 2. The minimum Gasteiger partial charge on any atom is -0.367 e. The van der Waals surface area contributed by atoms with Gasteiger partial charge in [0, 0.05) is 32.9 Å². The van der Waals surface area contributed by atoms with E-state index in [0.717, 1.165) is 5.69 Å². The molecule has 18 heavy (non-hydrogen) atoms. The van der Waals surface area contributed by atoms with Crippen LogP contribution in [0.5, 0.6) is 0 Å². The van der Waals surface area contributed by atoms with Gasteiger partial charge < -0.3 is 15.5 Å². The number of hydrogen-bond acceptors (Lipinski definition) is 4. The third-order valence-electron chi connectivity index (χ3n) is 2.25. The zero-order chi connectivity index (χ0) is 13.5. The second-order valence-electron chi connectivity index (χ2n) is 4.01. The number of rotatable bonds is 4. The predicted octanol–water partition coefficient (Wildman–Crippen LogP) is 0.945. The van der Waals surface area contributed by atoms with Crippen LogP contribution in [0.25, 0.3) is 0 Å². The maximum Gasteiger partial charge on any atom is 0.316 e. The van der Waals surface area contributed by atoms with E-state index in [2.05, 4.69) is 21.7 Å². The van der Waals surface area contributed by atoms with Gasteiger partial charge >= 0.3 is 6.03 Å². The van der Waals surface area contributed by atoms with Crippen LogP contribution in [0.15, 0.2) is 12.1 Å². The Labute approximate surface area is 107 Å². The van der Waals surface area contributed by atoms with Gasteiger partial charge in [-0.3, -0.25) is 0 Å². The summed E-state index contributed by atoms with van der Waals surface area (Å²) in [5.41, 5.74) is 1.34. The van der Waals surface area contributed by atoms with Crippen LogP contribution in [0.4, 0.5) is 10.6 Å². The molecule has 0 aliphatic heterocycles. The number of aryl methyl sites for hydroxylation is 1. The number of nitriles is 1. The zero-order valence-electron chi connectivity index (χ0n) is 10.8. The summed E-state index contributed by atoms with van der Waals surface area (Å²) >= 11 is 0. The molecular weight excluding hydrogens is 230 g/mol. The number of amides is 2. The molecule has 0 spiro atoms. The number of carbonyl (C=O) groups excluding carboxylic acids is 1. The highest BCUT2D eigenvalue weighted by Crippen LogP contribution is 2.11. The van der Waals surface area contributed by atoms with Crippen molar-refractivity contribution in [3.05, 3.63) is 23.4 Å². The molecule has 0 radical (unpaired) electrons. The molecule has 0 bridgehead atoms. The molecule has 1 aromatic rings. The summed E-state index contributed by atoms with van der Waals surface area (Å²) in [6.45, 7) is 2.85. The normalized spacial score (nSPS) is 9.44. The molecule has 1 heterocycles. The van der Waals surface area contributed by atoms with Crippen molar-refractivity contribution in [3.8, 4) is 6.07 Å². The van der Waals surface area contributed by atoms with E-state index in [1.165, 1.54) is 4.90 Å². The van der Waals surface area contributed by atoms with Gasteiger partial charge in [0.25, 0.3) is 0 Å². The number of pyridine rings is 1. The fourth-order valence-electron chi connectivity index (χ4n) is 1.29. The fraction of sp³-hybridized carbons (Fsp3) is 0.417. The summed E-state index contributed by atoms with van der Waals surface area (Å²) in [5.74, 6) is 0.552. The Kier molecular flexibility index (Phi) is 4.93. The average Bonchev–Trinajstić information content (AvgIpc) is 2.34. The summed E-state index contributed by atoms with van der Waals surface area (Å²) in [6.07, 6.45) is 0. The first-order valence-electron chi connectivity index (χ1n) is 5.61. The van der Waals surface area contributed by atoms with Crippen LogP contribution >= 0.6 is 0 Å². The van der Waals surface area contributed by atoms with E-state index in [4.69, 9.17) is 5.26 Å². The quantitative estimate of drug-likeness (QED) is 0.776. The lowest BCUT2D eigenvalue weighted by Gasteiger charge is -2.12. The fourth-order valence-corrected chi connectivity index (χ4v) is 1.29. The summed E-state index contributed by atoms with van der Waals surface area (Å²) in [4.78, 5) is 17.0. The summed E-state index contributed by atoms with van der Waals surface area (Å²) in [6, 6.07) is 5.44. The van der Waals surface area contributed by atoms with Crippen molar-refractivity contribution in [2.75, 3.05) is 32.5 Å². The third kappa shape index (κ3) is 3.94. The van der Waals surface area contributed by atoms with Gasteiger partial charge in [-0.1, -0.05) is 0 Å². The molecule has 6 nitrogen and oxygen atoms in total. The highest BCUT2D eigenvalue weighted by molar-refractivity contribution is 5.73. The van der Waals surface area contributed by atoms with E-state index < -0.39 is 0 Å². The topological polar surface area (TPSA) is 81.0 Å². The van der Waals surface area contributed by atoms with Crippen LogP contribution < -0.4 is 10.6 Å². The van der Waals surface area contributed by atoms with E-state index >= 15 is 0 Å². The molecule has 0 aliphatic carbocycles. The second kappa shape index (κ2) is 6.45. The molecule has 1 rings (SSSR count). The Bertz CT molecular complexity index is 464. The van der Waals surface area contributed by atoms with Crippen molar-refractivity contribution in [2.24, 2.45) is 0 Å². The minimum atomic E-state index is -0.144. The Balaban J connectivity index is 2.47. The summed E-state index contributed by atoms with van der Waals surface area (Å²) in [7, 11) is 3.36. The average molecular weight is 247 g/mol. The minimum absolute atomic E-state index is 0.144. The van der Waals surface area contributed by atoms with Crippen LogP contribution in [0.2, 0.25) is 0 Å². The Hall–Kier alpha value is -2.29. The van der Waals surface area contributed by atoms with Gasteiger partial charge in [-0.25, -0.2) is 9.78 Å². The maximum absolute atomic E-state index is 11.3. The molecule has 2 N–H and O–H groups in total. The second-order valence-corrected chi connectivity index (χ2v) is 4.01. The van der Waals surface area contributed by atoms with Gasteiger partial charge in [-0.2, -0.15) is 5.26 Å². The molecule has 0 atom stereocenters. The number of hydrogen-bond donors (Lipinski definition) is 2. The predicted molar refractivity (Wildman–Crippen MR) is 69.3 cm³/mol. The number of carbonyl (C=O) groups is 1. The van der Waals surface area contributed by atoms with E-state index in [-0.39, 0.29) is 6.03 Å². The van der Waals surface area contributed by atoms with E-state index in [9.17, 15) is 4.79 Å². The molecule has 96 valence electrons. The molecule has 1 aromatic heterocycles. The van der Waals surface area contributed by atoms with Crippen LogP contribution in [-0.2, 0) is 0 Å². The smallest absolute Gasteiger partial charge is 0.316 e. The molecule has 2 amide bonds. The van der Waals surface area contributed by atoms with Crippen molar-refractivity contribution in [1.82, 2.24) is 15.2 Å². The monoisotopic (exact) mass is 247 g/mol. The standard InChI is InChI=1S/C12H17N5O/c1-9-4-5-10(8-13)11(16-9)14-6-7-15-12(18)17(2)3/h4-5H,6-7H2,1-3H3,(H,14,16)(H,15,18). The van der Waals surface area contributed by atoms with Crippen LogP contribution in [-0.4, -0.2) is 43.1 Å². The van der Waals surface area contributed by atoms with Crippen molar-refractivity contribution in [3.63, 3.8) is 0 Å². The first kappa shape index (κ1) is 13.8. The van der Waals surface area contributed by atoms with Crippen molar-refractivity contribution >= 4 is 11.8 Å². The molecule has 0 fully saturated rings. The highest BCUT2D eigenvalue weighted by atomic mass is 16.2. The van der Waals surface area contributed by atoms with Crippen LogP contribution in [0, 0.1) is 18.3 Å². The molecule has 0 unspecified atom stereocenters. The lowest BCUT2D eigenvalue weighted by Crippen LogP contribution is -2.37. The lowest BCUT2D eigenvalue weighted by atomic mass is 10.2. The Morgan fingerprint density at radius 1 is 1.44 bits per heavy atom. The number of urea groups is 1. The summed E-state index contributed by atoms with van der Waals surface area (Å²) < 4.78 is 0. The van der Waals surface area contributed by atoms with Crippen molar-refractivity contribution < 1.29 is 4.79 Å². The van der Waals surface area contributed by atoms with Gasteiger partial charge in [0.1, 0.15) is 11.9 Å². The van der Waals surface area contributed by atoms with Crippen LogP contribution in [0.1, 0.15) is 11.3 Å². The Morgan fingerprint density at radius 2 is 2.17 bits per heavy atom. The van der Waals surface area contributed by atoms with Gasteiger partial charge in [-0.15, -0.1) is 0 Å². The van der Waals surface area contributed by atoms with Gasteiger partial charge in [0.15, 0.2) is 0 Å². The van der Waals surface area contributed by atoms with Crippen LogP contribution in [0.3, 0.4) is 0 Å². The van der Waals surface area contributed by atoms with Crippen molar-refractivity contribution in [1.29, 1.82) is 5.26 Å². The number of aromatic nitrogens is 1. The van der Waals surface area contributed by atoms with E-state index in [1.807, 2.05) is 6.92 Å². The molecule has 0 aliphatic rings. The lowest BCUT2D eigenvalue weighted by molar-refractivity contribution is 0.218. The number of anilines is 1. The van der Waals surface area contributed by atoms with Gasteiger partial charge in [0.2, 0.25) is 0 Å². The highest BCUT2D eigenvalue weighted by Gasteiger charge is 2.04. The van der Waals surface area contributed by atoms with Gasteiger partial charge in [0.05, 0.1) is 5.56 Å². The largest absolute Gasteiger partial charge is 0.367 e. The summed E-state index contributed by atoms with van der Waals surface area (Å²) in [5, 5.41) is 14.7. The SMILES string of the molecule is Cc1ccc(C#N)c(NCCNC(=O)N(C)C)n1. The molecule has 0 aromatic carbocycles. The zero-order valence-corrected chi connectivity index (χ0v) is 10.8. The third-order valence-corrected chi connectivity index (χ3v) is 2.25. The molecule has 0 saturated carbocycles. The van der Waals surface area contributed by atoms with Gasteiger partial charge in [-0.05, 0) is 19.1 Å². The number of nitrogens with zero attached hydrogens (tertiary/aromatic N) is 3. The Morgan fingerprint density at radius 3 is 2.78 bits per heavy atom. The van der Waals surface area contributed by atoms with Crippen molar-refractivity contribution in [2.45, 2.75) is 6.92 Å². The molecule has 0 saturated heterocycles. The maximum atomic E-state index is 11.3. The van der Waals surface area contributed by atoms with E-state index in [1.54, 1.807) is 26.2 Å².